The maximum atomic E-state index is 10.8. The van der Waals surface area contributed by atoms with Crippen LogP contribution >= 0.6 is 0 Å². The third kappa shape index (κ3) is 2.87. The SMILES string of the molecule is Cc1cccc(-n2nc(-c3ccccc3)c(O)c2C(C)(C)C)c1. The number of hydrogen-bond donors (Lipinski definition) is 1. The summed E-state index contributed by atoms with van der Waals surface area (Å²) >= 11 is 0. The number of aromatic hydroxyl groups is 1. The Kier molecular flexibility index (Phi) is 3.72. The van der Waals surface area contributed by atoms with Crippen LogP contribution in [0, 0.1) is 6.92 Å². The Morgan fingerprint density at radius 3 is 2.26 bits per heavy atom. The number of nitrogens with zero attached hydrogens (tertiary/aromatic N) is 2. The van der Waals surface area contributed by atoms with Crippen molar-refractivity contribution < 1.29 is 5.11 Å². The first-order chi connectivity index (χ1) is 10.9. The number of hydrogen-bond acceptors (Lipinski definition) is 2. The van der Waals surface area contributed by atoms with Gasteiger partial charge in [-0.3, -0.25) is 0 Å². The van der Waals surface area contributed by atoms with Gasteiger partial charge in [0.1, 0.15) is 5.69 Å². The Hall–Kier alpha value is -2.55. The Bertz CT molecular complexity index is 827. The average molecular weight is 306 g/mol. The normalized spacial score (nSPS) is 11.7. The van der Waals surface area contributed by atoms with E-state index in [1.54, 1.807) is 0 Å². The van der Waals surface area contributed by atoms with Crippen LogP contribution in [0.1, 0.15) is 32.0 Å². The summed E-state index contributed by atoms with van der Waals surface area (Å²) in [5.41, 5.74) is 4.26. The van der Waals surface area contributed by atoms with Crippen molar-refractivity contribution in [2.24, 2.45) is 0 Å². The molecule has 1 N–H and O–H groups in total. The van der Waals surface area contributed by atoms with Crippen LogP contribution in [0.4, 0.5) is 0 Å². The molecule has 23 heavy (non-hydrogen) atoms. The lowest BCUT2D eigenvalue weighted by Crippen LogP contribution is -2.17. The lowest BCUT2D eigenvalue weighted by Gasteiger charge is -2.20. The zero-order valence-corrected chi connectivity index (χ0v) is 14.0. The second-order valence-electron chi connectivity index (χ2n) is 6.91. The van der Waals surface area contributed by atoms with E-state index in [1.807, 2.05) is 47.1 Å². The van der Waals surface area contributed by atoms with Gasteiger partial charge in [0, 0.05) is 11.0 Å². The van der Waals surface area contributed by atoms with Crippen molar-refractivity contribution in [3.8, 4) is 22.7 Å². The first-order valence-electron chi connectivity index (χ1n) is 7.83. The van der Waals surface area contributed by atoms with Crippen LogP contribution in [0.15, 0.2) is 54.6 Å². The fourth-order valence-corrected chi connectivity index (χ4v) is 2.82. The zero-order valence-electron chi connectivity index (χ0n) is 14.0. The summed E-state index contributed by atoms with van der Waals surface area (Å²) in [6.45, 7) is 8.32. The van der Waals surface area contributed by atoms with Crippen molar-refractivity contribution in [2.75, 3.05) is 0 Å². The molecular weight excluding hydrogens is 284 g/mol. The van der Waals surface area contributed by atoms with Crippen molar-refractivity contribution in [1.29, 1.82) is 0 Å². The Labute approximate surface area is 137 Å². The maximum absolute atomic E-state index is 10.8. The van der Waals surface area contributed by atoms with Gasteiger partial charge in [-0.15, -0.1) is 0 Å². The van der Waals surface area contributed by atoms with Crippen LogP contribution in [-0.2, 0) is 5.41 Å². The van der Waals surface area contributed by atoms with E-state index in [-0.39, 0.29) is 11.2 Å². The maximum Gasteiger partial charge on any atom is 0.166 e. The molecular formula is C20H22N2O. The lowest BCUT2D eigenvalue weighted by atomic mass is 9.90. The summed E-state index contributed by atoms with van der Waals surface area (Å²) in [5.74, 6) is 0.255. The molecule has 0 atom stereocenters. The fourth-order valence-electron chi connectivity index (χ4n) is 2.82. The Morgan fingerprint density at radius 2 is 1.65 bits per heavy atom. The highest BCUT2D eigenvalue weighted by Gasteiger charge is 2.28. The van der Waals surface area contributed by atoms with Crippen molar-refractivity contribution in [1.82, 2.24) is 9.78 Å². The van der Waals surface area contributed by atoms with Gasteiger partial charge in [-0.2, -0.15) is 5.10 Å². The van der Waals surface area contributed by atoms with Crippen LogP contribution in [0.2, 0.25) is 0 Å². The summed E-state index contributed by atoms with van der Waals surface area (Å²) in [5, 5.41) is 15.6. The van der Waals surface area contributed by atoms with Crippen LogP contribution in [0.3, 0.4) is 0 Å². The molecule has 0 saturated heterocycles. The molecule has 0 amide bonds. The van der Waals surface area contributed by atoms with Gasteiger partial charge in [0.25, 0.3) is 0 Å². The molecule has 0 aliphatic rings. The molecule has 0 bridgehead atoms. The van der Waals surface area contributed by atoms with Gasteiger partial charge < -0.3 is 5.11 Å². The van der Waals surface area contributed by atoms with E-state index >= 15 is 0 Å². The van der Waals surface area contributed by atoms with Crippen molar-refractivity contribution in [3.05, 3.63) is 65.9 Å². The molecule has 0 radical (unpaired) electrons. The largest absolute Gasteiger partial charge is 0.504 e. The first kappa shape index (κ1) is 15.3. The number of aromatic nitrogens is 2. The van der Waals surface area contributed by atoms with E-state index in [1.165, 1.54) is 5.56 Å². The van der Waals surface area contributed by atoms with Gasteiger partial charge in [-0.1, -0.05) is 63.2 Å². The predicted molar refractivity (Wildman–Crippen MR) is 94.1 cm³/mol. The van der Waals surface area contributed by atoms with E-state index in [4.69, 9.17) is 5.10 Å². The molecule has 0 saturated carbocycles. The minimum Gasteiger partial charge on any atom is -0.504 e. The molecule has 0 aliphatic heterocycles. The molecule has 3 nitrogen and oxygen atoms in total. The average Bonchev–Trinajstić information content (AvgIpc) is 2.86. The first-order valence-corrected chi connectivity index (χ1v) is 7.83. The third-order valence-corrected chi connectivity index (χ3v) is 3.86. The highest BCUT2D eigenvalue weighted by molar-refractivity contribution is 5.68. The molecule has 1 aromatic heterocycles. The molecule has 0 aliphatic carbocycles. The molecule has 118 valence electrons. The van der Waals surface area contributed by atoms with E-state index in [0.717, 1.165) is 16.9 Å². The van der Waals surface area contributed by atoms with E-state index in [0.29, 0.717) is 5.69 Å². The van der Waals surface area contributed by atoms with Gasteiger partial charge in [-0.25, -0.2) is 4.68 Å². The van der Waals surface area contributed by atoms with Crippen LogP contribution < -0.4 is 0 Å². The van der Waals surface area contributed by atoms with Gasteiger partial charge in [0.05, 0.1) is 11.4 Å². The molecule has 1 heterocycles. The molecule has 3 heteroatoms. The van der Waals surface area contributed by atoms with Crippen LogP contribution in [-0.4, -0.2) is 14.9 Å². The monoisotopic (exact) mass is 306 g/mol. The number of aryl methyl sites for hydroxylation is 1. The fraction of sp³-hybridized carbons (Fsp3) is 0.250. The number of benzene rings is 2. The summed E-state index contributed by atoms with van der Waals surface area (Å²) in [6.07, 6.45) is 0. The highest BCUT2D eigenvalue weighted by atomic mass is 16.3. The molecule has 3 aromatic rings. The molecule has 0 spiro atoms. The topological polar surface area (TPSA) is 38.0 Å². The van der Waals surface area contributed by atoms with E-state index in [9.17, 15) is 5.11 Å². The molecule has 2 aromatic carbocycles. The molecule has 3 rings (SSSR count). The quantitative estimate of drug-likeness (QED) is 0.735. The molecule has 0 unspecified atom stereocenters. The van der Waals surface area contributed by atoms with Crippen molar-refractivity contribution in [2.45, 2.75) is 33.1 Å². The zero-order chi connectivity index (χ0) is 16.6. The minimum atomic E-state index is -0.228. The summed E-state index contributed by atoms with van der Waals surface area (Å²) in [7, 11) is 0. The van der Waals surface area contributed by atoms with Gasteiger partial charge in [0.2, 0.25) is 0 Å². The van der Waals surface area contributed by atoms with E-state index in [2.05, 4.69) is 39.8 Å². The van der Waals surface area contributed by atoms with Crippen molar-refractivity contribution in [3.63, 3.8) is 0 Å². The van der Waals surface area contributed by atoms with Gasteiger partial charge in [-0.05, 0) is 24.6 Å². The predicted octanol–water partition coefficient (Wildman–Crippen LogP) is 4.85. The standard InChI is InChI=1S/C20H22N2O/c1-14-9-8-12-16(13-14)22-19(20(2,3)4)18(23)17(21-22)15-10-6-5-7-11-15/h5-13,23H,1-4H3. The summed E-state index contributed by atoms with van der Waals surface area (Å²) in [6, 6.07) is 18.0. The second-order valence-corrected chi connectivity index (χ2v) is 6.91. The van der Waals surface area contributed by atoms with Gasteiger partial charge >= 0.3 is 0 Å². The van der Waals surface area contributed by atoms with Crippen LogP contribution in [0.25, 0.3) is 16.9 Å². The number of rotatable bonds is 2. The Morgan fingerprint density at radius 1 is 0.957 bits per heavy atom. The third-order valence-electron chi connectivity index (χ3n) is 3.86. The van der Waals surface area contributed by atoms with Crippen LogP contribution in [0.5, 0.6) is 5.75 Å². The smallest absolute Gasteiger partial charge is 0.166 e. The highest BCUT2D eigenvalue weighted by Crippen LogP contribution is 2.39. The second kappa shape index (κ2) is 5.58. The lowest BCUT2D eigenvalue weighted by molar-refractivity contribution is 0.440. The minimum absolute atomic E-state index is 0.228. The van der Waals surface area contributed by atoms with Crippen molar-refractivity contribution >= 4 is 0 Å². The Balaban J connectivity index is 2.27. The van der Waals surface area contributed by atoms with E-state index < -0.39 is 0 Å². The molecule has 0 fully saturated rings. The summed E-state index contributed by atoms with van der Waals surface area (Å²) in [4.78, 5) is 0. The van der Waals surface area contributed by atoms with Gasteiger partial charge in [0.15, 0.2) is 5.75 Å². The summed E-state index contributed by atoms with van der Waals surface area (Å²) < 4.78 is 1.87.